The molecule has 0 bridgehead atoms. The SMILES string of the molecule is N#CC1(NC(=O)[C@H](Cc2ccc(OC(F)(F)F)c(Cl)c2)NC(=O)c2cc(-c3ccccc3Cl)n[nH]2)CC1. The van der Waals surface area contributed by atoms with Gasteiger partial charge in [-0.1, -0.05) is 47.5 Å². The lowest BCUT2D eigenvalue weighted by molar-refractivity contribution is -0.274. The number of alkyl halides is 3. The van der Waals surface area contributed by atoms with Crippen LogP contribution in [0, 0.1) is 11.3 Å². The Labute approximate surface area is 218 Å². The lowest BCUT2D eigenvalue weighted by atomic mass is 10.0. The molecule has 3 N–H and O–H groups in total. The van der Waals surface area contributed by atoms with Crippen LogP contribution in [0.2, 0.25) is 10.0 Å². The number of ether oxygens (including phenoxy) is 1. The lowest BCUT2D eigenvalue weighted by Crippen LogP contribution is -2.51. The van der Waals surface area contributed by atoms with E-state index in [0.717, 1.165) is 6.07 Å². The average molecular weight is 552 g/mol. The van der Waals surface area contributed by atoms with Crippen LogP contribution in [0.15, 0.2) is 48.5 Å². The van der Waals surface area contributed by atoms with Crippen molar-refractivity contribution in [3.05, 3.63) is 69.8 Å². The van der Waals surface area contributed by atoms with Gasteiger partial charge in [0.1, 0.15) is 23.0 Å². The standard InChI is InChI=1S/C24H18Cl2F3N5O3/c25-15-4-2-1-3-14(15)17-11-19(34-33-17)21(35)31-18(22(36)32-23(12-30)7-8-23)10-13-5-6-20(16(26)9-13)37-24(27,28)29/h1-6,9,11,18H,7-8,10H2,(H,31,35)(H,32,36)(H,33,34)/t18-/m0/s1. The highest BCUT2D eigenvalue weighted by molar-refractivity contribution is 6.33. The summed E-state index contributed by atoms with van der Waals surface area (Å²) in [5.41, 5.74) is 0.386. The Balaban J connectivity index is 1.54. The van der Waals surface area contributed by atoms with Gasteiger partial charge in [-0.3, -0.25) is 14.7 Å². The van der Waals surface area contributed by atoms with Crippen molar-refractivity contribution in [2.75, 3.05) is 0 Å². The number of nitrogens with zero attached hydrogens (tertiary/aromatic N) is 2. The maximum absolute atomic E-state index is 13.0. The number of aromatic nitrogens is 2. The topological polar surface area (TPSA) is 120 Å². The molecule has 0 unspecified atom stereocenters. The van der Waals surface area contributed by atoms with Crippen LogP contribution in [-0.4, -0.2) is 40.0 Å². The van der Waals surface area contributed by atoms with Crippen molar-refractivity contribution in [2.45, 2.75) is 37.2 Å². The molecule has 1 aliphatic carbocycles. The summed E-state index contributed by atoms with van der Waals surface area (Å²) < 4.78 is 41.5. The molecule has 13 heteroatoms. The van der Waals surface area contributed by atoms with Gasteiger partial charge in [-0.15, -0.1) is 13.2 Å². The van der Waals surface area contributed by atoms with Crippen molar-refractivity contribution >= 4 is 35.0 Å². The Bertz CT molecular complexity index is 1380. The van der Waals surface area contributed by atoms with Gasteiger partial charge in [0.15, 0.2) is 0 Å². The van der Waals surface area contributed by atoms with E-state index in [9.17, 15) is 28.0 Å². The zero-order chi connectivity index (χ0) is 26.8. The van der Waals surface area contributed by atoms with Crippen LogP contribution >= 0.6 is 23.2 Å². The molecule has 3 aromatic rings. The van der Waals surface area contributed by atoms with Gasteiger partial charge in [0.05, 0.1) is 21.8 Å². The van der Waals surface area contributed by atoms with Gasteiger partial charge >= 0.3 is 6.36 Å². The predicted octanol–water partition coefficient (Wildman–Crippen LogP) is 4.80. The third kappa shape index (κ3) is 6.53. The van der Waals surface area contributed by atoms with E-state index in [0.29, 0.717) is 34.7 Å². The number of H-pyrrole nitrogens is 1. The minimum atomic E-state index is -4.93. The van der Waals surface area contributed by atoms with Gasteiger partial charge in [-0.05, 0) is 42.7 Å². The molecule has 1 heterocycles. The van der Waals surface area contributed by atoms with Crippen molar-refractivity contribution in [3.8, 4) is 23.1 Å². The van der Waals surface area contributed by atoms with Crippen molar-refractivity contribution in [2.24, 2.45) is 0 Å². The van der Waals surface area contributed by atoms with E-state index in [1.165, 1.54) is 18.2 Å². The summed E-state index contributed by atoms with van der Waals surface area (Å²) in [6.45, 7) is 0. The molecule has 2 aromatic carbocycles. The molecule has 4 rings (SSSR count). The summed E-state index contributed by atoms with van der Waals surface area (Å²) in [6.07, 6.45) is -4.12. The maximum Gasteiger partial charge on any atom is 0.573 e. The molecule has 8 nitrogen and oxygen atoms in total. The minimum Gasteiger partial charge on any atom is -0.404 e. The van der Waals surface area contributed by atoms with Crippen LogP contribution in [0.1, 0.15) is 28.9 Å². The second-order valence-electron chi connectivity index (χ2n) is 8.37. The van der Waals surface area contributed by atoms with E-state index in [4.69, 9.17) is 23.2 Å². The molecule has 37 heavy (non-hydrogen) atoms. The third-order valence-corrected chi connectivity index (χ3v) is 6.21. The highest BCUT2D eigenvalue weighted by Gasteiger charge is 2.45. The van der Waals surface area contributed by atoms with Gasteiger partial charge in [-0.2, -0.15) is 10.4 Å². The highest BCUT2D eigenvalue weighted by Crippen LogP contribution is 2.35. The van der Waals surface area contributed by atoms with Crippen LogP contribution in [0.3, 0.4) is 0 Å². The molecule has 2 amide bonds. The molecule has 1 aliphatic rings. The molecular formula is C24H18Cl2F3N5O3. The Kier molecular flexibility index (Phi) is 7.34. The minimum absolute atomic E-state index is 0.0427. The maximum atomic E-state index is 13.0. The van der Waals surface area contributed by atoms with E-state index in [-0.39, 0.29) is 17.1 Å². The van der Waals surface area contributed by atoms with Crippen LogP contribution in [0.5, 0.6) is 5.75 Å². The van der Waals surface area contributed by atoms with Gasteiger partial charge in [0.25, 0.3) is 5.91 Å². The smallest absolute Gasteiger partial charge is 0.404 e. The monoisotopic (exact) mass is 551 g/mol. The summed E-state index contributed by atoms with van der Waals surface area (Å²) in [6, 6.07) is 12.7. The Morgan fingerprint density at radius 3 is 2.51 bits per heavy atom. The number of nitriles is 1. The normalized spacial score (nSPS) is 14.8. The number of benzene rings is 2. The zero-order valence-electron chi connectivity index (χ0n) is 18.8. The van der Waals surface area contributed by atoms with Crippen molar-refractivity contribution in [3.63, 3.8) is 0 Å². The van der Waals surface area contributed by atoms with E-state index in [1.807, 2.05) is 6.07 Å². The number of hydrogen-bond acceptors (Lipinski definition) is 5. The Hall–Kier alpha value is -3.75. The van der Waals surface area contributed by atoms with Gasteiger partial charge in [0, 0.05) is 12.0 Å². The molecule has 0 aliphatic heterocycles. The molecule has 0 radical (unpaired) electrons. The molecule has 1 fully saturated rings. The Morgan fingerprint density at radius 2 is 1.89 bits per heavy atom. The van der Waals surface area contributed by atoms with Gasteiger partial charge < -0.3 is 15.4 Å². The molecule has 192 valence electrons. The second-order valence-corrected chi connectivity index (χ2v) is 9.19. The number of hydrogen-bond donors (Lipinski definition) is 3. The van der Waals surface area contributed by atoms with Crippen molar-refractivity contribution in [1.82, 2.24) is 20.8 Å². The van der Waals surface area contributed by atoms with Crippen LogP contribution in [-0.2, 0) is 11.2 Å². The summed E-state index contributed by atoms with van der Waals surface area (Å²) in [7, 11) is 0. The molecule has 1 saturated carbocycles. The molecule has 1 atom stereocenters. The zero-order valence-corrected chi connectivity index (χ0v) is 20.3. The quantitative estimate of drug-likeness (QED) is 0.371. The molecule has 1 aromatic heterocycles. The second kappa shape index (κ2) is 10.3. The first-order chi connectivity index (χ1) is 17.5. The van der Waals surface area contributed by atoms with Crippen molar-refractivity contribution < 1.29 is 27.5 Å². The molecule has 0 spiro atoms. The van der Waals surface area contributed by atoms with E-state index in [1.54, 1.807) is 24.3 Å². The highest BCUT2D eigenvalue weighted by atomic mass is 35.5. The number of halogens is 5. The summed E-state index contributed by atoms with van der Waals surface area (Å²) in [4.78, 5) is 26.0. The van der Waals surface area contributed by atoms with Gasteiger partial charge in [0.2, 0.25) is 5.91 Å². The predicted molar refractivity (Wildman–Crippen MR) is 128 cm³/mol. The number of rotatable bonds is 8. The summed E-state index contributed by atoms with van der Waals surface area (Å²) in [5.74, 6) is -1.91. The molecule has 0 saturated heterocycles. The van der Waals surface area contributed by atoms with Crippen LogP contribution in [0.4, 0.5) is 13.2 Å². The largest absolute Gasteiger partial charge is 0.573 e. The lowest BCUT2D eigenvalue weighted by Gasteiger charge is -2.20. The first-order valence-electron chi connectivity index (χ1n) is 10.9. The summed E-state index contributed by atoms with van der Waals surface area (Å²) >= 11 is 12.1. The van der Waals surface area contributed by atoms with E-state index in [2.05, 4.69) is 25.6 Å². The van der Waals surface area contributed by atoms with E-state index < -0.39 is 35.5 Å². The number of carbonyl (C=O) groups excluding carboxylic acids is 2. The fraction of sp³-hybridized carbons (Fsp3) is 0.250. The summed E-state index contributed by atoms with van der Waals surface area (Å²) in [5, 5.41) is 21.4. The Morgan fingerprint density at radius 1 is 1.16 bits per heavy atom. The fourth-order valence-electron chi connectivity index (χ4n) is 3.52. The van der Waals surface area contributed by atoms with E-state index >= 15 is 0 Å². The average Bonchev–Trinajstić information content (AvgIpc) is 3.43. The number of amides is 2. The van der Waals surface area contributed by atoms with Crippen LogP contribution < -0.4 is 15.4 Å². The molecular weight excluding hydrogens is 534 g/mol. The third-order valence-electron chi connectivity index (χ3n) is 5.58. The number of carbonyl (C=O) groups is 2. The van der Waals surface area contributed by atoms with Crippen LogP contribution in [0.25, 0.3) is 11.3 Å². The number of nitrogens with one attached hydrogen (secondary N) is 3. The van der Waals surface area contributed by atoms with Gasteiger partial charge in [-0.25, -0.2) is 0 Å². The van der Waals surface area contributed by atoms with Crippen molar-refractivity contribution in [1.29, 1.82) is 5.26 Å². The number of aromatic amines is 1. The fourth-order valence-corrected chi connectivity index (χ4v) is 3.99. The first kappa shape index (κ1) is 26.3. The first-order valence-corrected chi connectivity index (χ1v) is 11.6.